The van der Waals surface area contributed by atoms with Gasteiger partial charge >= 0.3 is 0 Å². The fourth-order valence-electron chi connectivity index (χ4n) is 3.10. The zero-order chi connectivity index (χ0) is 20.9. The summed E-state index contributed by atoms with van der Waals surface area (Å²) in [6.07, 6.45) is 0.729. The number of carbonyl (C=O) groups is 1. The molecule has 4 aromatic rings. The molecule has 0 fully saturated rings. The third-order valence-electron chi connectivity index (χ3n) is 4.60. The molecule has 1 N–H and O–H groups in total. The standard InChI is InChI=1S/C24H18Cl2N2OS/c25-17-11-9-16(10-12-17)13-14-27-24(29)19-15-23(28-21-7-3-1-5-18(19)21)30-22-8-4-2-6-20(22)26/h1-12,15H,13-14H2,(H,27,29). The fraction of sp³-hybridized carbons (Fsp3) is 0.0833. The molecule has 0 aliphatic heterocycles. The van der Waals surface area contributed by atoms with Crippen LogP contribution in [0.25, 0.3) is 10.9 Å². The first kappa shape index (κ1) is 20.7. The average molecular weight is 453 g/mol. The van der Waals surface area contributed by atoms with Gasteiger partial charge in [-0.25, -0.2) is 4.98 Å². The van der Waals surface area contributed by atoms with E-state index in [9.17, 15) is 4.79 Å². The van der Waals surface area contributed by atoms with Gasteiger partial charge in [-0.2, -0.15) is 0 Å². The van der Waals surface area contributed by atoms with Gasteiger partial charge < -0.3 is 5.32 Å². The normalized spacial score (nSPS) is 10.9. The van der Waals surface area contributed by atoms with Crippen molar-refractivity contribution in [2.75, 3.05) is 6.54 Å². The minimum absolute atomic E-state index is 0.122. The van der Waals surface area contributed by atoms with Crippen molar-refractivity contribution in [1.82, 2.24) is 10.3 Å². The minimum atomic E-state index is -0.122. The summed E-state index contributed by atoms with van der Waals surface area (Å²) < 4.78 is 0. The van der Waals surface area contributed by atoms with E-state index in [4.69, 9.17) is 28.2 Å². The lowest BCUT2D eigenvalue weighted by Gasteiger charge is -2.11. The summed E-state index contributed by atoms with van der Waals surface area (Å²) in [5.41, 5.74) is 2.50. The van der Waals surface area contributed by atoms with Gasteiger partial charge in [-0.05, 0) is 48.4 Å². The Bertz CT molecular complexity index is 1200. The van der Waals surface area contributed by atoms with Gasteiger partial charge in [0.25, 0.3) is 5.91 Å². The first-order valence-electron chi connectivity index (χ1n) is 9.45. The Morgan fingerprint density at radius 3 is 2.47 bits per heavy atom. The highest BCUT2D eigenvalue weighted by atomic mass is 35.5. The Labute approximate surface area is 189 Å². The van der Waals surface area contributed by atoms with Gasteiger partial charge in [0, 0.05) is 21.8 Å². The predicted octanol–water partition coefficient (Wildman–Crippen LogP) is 6.67. The zero-order valence-electron chi connectivity index (χ0n) is 15.9. The molecule has 6 heteroatoms. The topological polar surface area (TPSA) is 42.0 Å². The number of fused-ring (bicyclic) bond motifs is 1. The molecule has 150 valence electrons. The Kier molecular flexibility index (Phi) is 6.58. The Morgan fingerprint density at radius 1 is 0.933 bits per heavy atom. The molecule has 0 aliphatic rings. The SMILES string of the molecule is O=C(NCCc1ccc(Cl)cc1)c1cc(Sc2ccccc2Cl)nc2ccccc12. The number of hydrogen-bond donors (Lipinski definition) is 1. The fourth-order valence-corrected chi connectivity index (χ4v) is 4.33. The average Bonchev–Trinajstić information content (AvgIpc) is 2.76. The Hall–Kier alpha value is -2.53. The number of para-hydroxylation sites is 1. The number of hydrogen-bond acceptors (Lipinski definition) is 3. The summed E-state index contributed by atoms with van der Waals surface area (Å²) in [7, 11) is 0. The molecule has 0 spiro atoms. The summed E-state index contributed by atoms with van der Waals surface area (Å²) >= 11 is 13.7. The molecule has 0 bridgehead atoms. The number of rotatable bonds is 6. The van der Waals surface area contributed by atoms with Gasteiger partial charge in [0.1, 0.15) is 5.03 Å². The highest BCUT2D eigenvalue weighted by Gasteiger charge is 2.14. The zero-order valence-corrected chi connectivity index (χ0v) is 18.3. The molecular formula is C24H18Cl2N2OS. The summed E-state index contributed by atoms with van der Waals surface area (Å²) in [4.78, 5) is 18.6. The van der Waals surface area contributed by atoms with Crippen LogP contribution in [0, 0.1) is 0 Å². The number of aromatic nitrogens is 1. The first-order chi connectivity index (χ1) is 14.6. The molecule has 3 nitrogen and oxygen atoms in total. The molecular weight excluding hydrogens is 435 g/mol. The van der Waals surface area contributed by atoms with Crippen LogP contribution in [0.4, 0.5) is 0 Å². The molecule has 0 saturated carbocycles. The van der Waals surface area contributed by atoms with Crippen molar-refractivity contribution in [2.45, 2.75) is 16.3 Å². The predicted molar refractivity (Wildman–Crippen MR) is 125 cm³/mol. The van der Waals surface area contributed by atoms with Crippen molar-refractivity contribution < 1.29 is 4.79 Å². The van der Waals surface area contributed by atoms with Crippen LogP contribution in [0.1, 0.15) is 15.9 Å². The molecule has 0 unspecified atom stereocenters. The van der Waals surface area contributed by atoms with E-state index in [1.807, 2.05) is 78.9 Å². The van der Waals surface area contributed by atoms with Gasteiger partial charge in [-0.3, -0.25) is 4.79 Å². The maximum absolute atomic E-state index is 13.0. The summed E-state index contributed by atoms with van der Waals surface area (Å²) in [5, 5.41) is 5.93. The van der Waals surface area contributed by atoms with Crippen molar-refractivity contribution in [3.63, 3.8) is 0 Å². The number of nitrogens with zero attached hydrogens (tertiary/aromatic N) is 1. The van der Waals surface area contributed by atoms with E-state index < -0.39 is 0 Å². The monoisotopic (exact) mass is 452 g/mol. The lowest BCUT2D eigenvalue weighted by atomic mass is 10.1. The van der Waals surface area contributed by atoms with Crippen LogP contribution in [-0.2, 0) is 6.42 Å². The van der Waals surface area contributed by atoms with Crippen molar-refractivity contribution in [3.05, 3.63) is 100 Å². The second-order valence-electron chi connectivity index (χ2n) is 6.69. The van der Waals surface area contributed by atoms with Crippen LogP contribution in [0.15, 0.2) is 88.8 Å². The van der Waals surface area contributed by atoms with E-state index >= 15 is 0 Å². The molecule has 1 heterocycles. The second-order valence-corrected chi connectivity index (χ2v) is 8.60. The Balaban J connectivity index is 1.56. The lowest BCUT2D eigenvalue weighted by molar-refractivity contribution is 0.0955. The molecule has 0 radical (unpaired) electrons. The van der Waals surface area contributed by atoms with Crippen LogP contribution < -0.4 is 5.32 Å². The van der Waals surface area contributed by atoms with Crippen molar-refractivity contribution >= 4 is 51.8 Å². The third kappa shape index (κ3) is 4.96. The van der Waals surface area contributed by atoms with E-state index in [1.165, 1.54) is 11.8 Å². The van der Waals surface area contributed by atoms with Gasteiger partial charge in [-0.15, -0.1) is 0 Å². The second kappa shape index (κ2) is 9.52. The molecule has 30 heavy (non-hydrogen) atoms. The molecule has 3 aromatic carbocycles. The number of amides is 1. The maximum atomic E-state index is 13.0. The van der Waals surface area contributed by atoms with Crippen LogP contribution in [0.5, 0.6) is 0 Å². The molecule has 0 saturated heterocycles. The molecule has 0 atom stereocenters. The van der Waals surface area contributed by atoms with Gasteiger partial charge in [-0.1, -0.05) is 77.4 Å². The number of benzene rings is 3. The summed E-state index contributed by atoms with van der Waals surface area (Å²) in [5.74, 6) is -0.122. The number of pyridine rings is 1. The largest absolute Gasteiger partial charge is 0.352 e. The van der Waals surface area contributed by atoms with E-state index in [0.717, 1.165) is 32.8 Å². The van der Waals surface area contributed by atoms with Crippen LogP contribution >= 0.6 is 35.0 Å². The first-order valence-corrected chi connectivity index (χ1v) is 11.0. The quantitative estimate of drug-likeness (QED) is 0.355. The maximum Gasteiger partial charge on any atom is 0.252 e. The van der Waals surface area contributed by atoms with Gasteiger partial charge in [0.15, 0.2) is 0 Å². The van der Waals surface area contributed by atoms with Gasteiger partial charge in [0.05, 0.1) is 16.1 Å². The summed E-state index contributed by atoms with van der Waals surface area (Å²) in [6, 6.07) is 24.7. The van der Waals surface area contributed by atoms with E-state index in [-0.39, 0.29) is 5.91 Å². The molecule has 4 rings (SSSR count). The highest BCUT2D eigenvalue weighted by molar-refractivity contribution is 7.99. The lowest BCUT2D eigenvalue weighted by Crippen LogP contribution is -2.26. The van der Waals surface area contributed by atoms with Crippen LogP contribution in [0.2, 0.25) is 10.0 Å². The van der Waals surface area contributed by atoms with Crippen LogP contribution in [-0.4, -0.2) is 17.4 Å². The molecule has 0 aliphatic carbocycles. The highest BCUT2D eigenvalue weighted by Crippen LogP contribution is 2.34. The minimum Gasteiger partial charge on any atom is -0.352 e. The van der Waals surface area contributed by atoms with E-state index in [1.54, 1.807) is 0 Å². The van der Waals surface area contributed by atoms with Crippen molar-refractivity contribution in [2.24, 2.45) is 0 Å². The third-order valence-corrected chi connectivity index (χ3v) is 6.29. The number of carbonyl (C=O) groups excluding carboxylic acids is 1. The molecule has 1 aromatic heterocycles. The van der Waals surface area contributed by atoms with Crippen LogP contribution in [0.3, 0.4) is 0 Å². The van der Waals surface area contributed by atoms with Crippen molar-refractivity contribution in [1.29, 1.82) is 0 Å². The van der Waals surface area contributed by atoms with Crippen molar-refractivity contribution in [3.8, 4) is 0 Å². The smallest absolute Gasteiger partial charge is 0.252 e. The van der Waals surface area contributed by atoms with E-state index in [2.05, 4.69) is 5.32 Å². The van der Waals surface area contributed by atoms with E-state index in [0.29, 0.717) is 22.2 Å². The van der Waals surface area contributed by atoms with Gasteiger partial charge in [0.2, 0.25) is 0 Å². The number of nitrogens with one attached hydrogen (secondary N) is 1. The Morgan fingerprint density at radius 2 is 1.67 bits per heavy atom. The molecule has 1 amide bonds. The summed E-state index contributed by atoms with van der Waals surface area (Å²) in [6.45, 7) is 0.532. The number of halogens is 2.